The van der Waals surface area contributed by atoms with Crippen molar-refractivity contribution in [2.75, 3.05) is 11.5 Å². The molecule has 132 valence electrons. The van der Waals surface area contributed by atoms with Crippen LogP contribution in [0.4, 0.5) is 0 Å². The molecule has 0 amide bonds. The summed E-state index contributed by atoms with van der Waals surface area (Å²) in [5.41, 5.74) is -0.0986. The van der Waals surface area contributed by atoms with E-state index in [2.05, 4.69) is 15.3 Å². The second-order valence-corrected chi connectivity index (χ2v) is 10.2. The van der Waals surface area contributed by atoms with Gasteiger partial charge in [-0.3, -0.25) is 4.79 Å². The summed E-state index contributed by atoms with van der Waals surface area (Å²) >= 11 is 10.7. The zero-order valence-corrected chi connectivity index (χ0v) is 17.2. The average molecular weight is 413 g/mol. The molecule has 2 aromatic heterocycles. The summed E-state index contributed by atoms with van der Waals surface area (Å²) in [6.07, 6.45) is 0. The third-order valence-electron chi connectivity index (χ3n) is 3.27. The second-order valence-electron chi connectivity index (χ2n) is 6.32. The first-order chi connectivity index (χ1) is 11.8. The maximum Gasteiger partial charge on any atom is 0.297 e. The van der Waals surface area contributed by atoms with Crippen molar-refractivity contribution in [2.24, 2.45) is 0 Å². The molecule has 0 saturated heterocycles. The van der Waals surface area contributed by atoms with Crippen LogP contribution in [-0.4, -0.2) is 31.3 Å². The number of fused-ring (bicyclic) bond motifs is 1. The van der Waals surface area contributed by atoms with Gasteiger partial charge in [0, 0.05) is 26.8 Å². The van der Waals surface area contributed by atoms with E-state index in [0.29, 0.717) is 10.7 Å². The van der Waals surface area contributed by atoms with Crippen molar-refractivity contribution in [3.05, 3.63) is 45.3 Å². The predicted octanol–water partition coefficient (Wildman–Crippen LogP) is 4.38. The smallest absolute Gasteiger partial charge is 0.265 e. The zero-order valence-electron chi connectivity index (χ0n) is 14.0. The van der Waals surface area contributed by atoms with Gasteiger partial charge in [-0.2, -0.15) is 4.52 Å². The van der Waals surface area contributed by atoms with Crippen LogP contribution >= 0.6 is 46.5 Å². The number of aromatic nitrogens is 4. The molecule has 0 fully saturated rings. The SMILES string of the molecule is CC(C)(C)c1nnc2sc(SCCSc3ccc(Cl)cc3)nn2c1=O. The van der Waals surface area contributed by atoms with Crippen molar-refractivity contribution in [2.45, 2.75) is 35.4 Å². The molecule has 5 nitrogen and oxygen atoms in total. The van der Waals surface area contributed by atoms with E-state index in [9.17, 15) is 4.79 Å². The van der Waals surface area contributed by atoms with Gasteiger partial charge in [0.25, 0.3) is 5.56 Å². The topological polar surface area (TPSA) is 60.1 Å². The third-order valence-corrected chi connectivity index (χ3v) is 6.83. The summed E-state index contributed by atoms with van der Waals surface area (Å²) in [7, 11) is 0. The van der Waals surface area contributed by atoms with Crippen LogP contribution < -0.4 is 5.56 Å². The molecule has 2 heterocycles. The van der Waals surface area contributed by atoms with Gasteiger partial charge in [-0.05, 0) is 24.3 Å². The van der Waals surface area contributed by atoms with Crippen LogP contribution in [0.5, 0.6) is 0 Å². The Bertz CT molecular complexity index is 931. The molecule has 0 saturated carbocycles. The first-order valence-electron chi connectivity index (χ1n) is 7.63. The standard InChI is InChI=1S/C16H17ClN4OS3/c1-16(2,3)12-13(22)21-14(19-18-12)25-15(20-21)24-9-8-23-11-6-4-10(17)5-7-11/h4-7H,8-9H2,1-3H3. The lowest BCUT2D eigenvalue weighted by atomic mass is 9.93. The van der Waals surface area contributed by atoms with Crippen LogP contribution in [0.3, 0.4) is 0 Å². The van der Waals surface area contributed by atoms with E-state index in [1.807, 2.05) is 45.0 Å². The molecule has 0 atom stereocenters. The predicted molar refractivity (Wildman–Crippen MR) is 107 cm³/mol. The number of rotatable bonds is 5. The molecule has 25 heavy (non-hydrogen) atoms. The quantitative estimate of drug-likeness (QED) is 0.457. The van der Waals surface area contributed by atoms with Crippen LogP contribution in [0, 0.1) is 0 Å². The van der Waals surface area contributed by atoms with Crippen molar-refractivity contribution >= 4 is 51.4 Å². The van der Waals surface area contributed by atoms with Crippen LogP contribution in [-0.2, 0) is 5.41 Å². The van der Waals surface area contributed by atoms with Crippen LogP contribution in [0.2, 0.25) is 5.02 Å². The molecule has 3 aromatic rings. The third kappa shape index (κ3) is 4.55. The minimum absolute atomic E-state index is 0.184. The molecule has 3 rings (SSSR count). The highest BCUT2D eigenvalue weighted by molar-refractivity contribution is 8.03. The van der Waals surface area contributed by atoms with Gasteiger partial charge in [0.2, 0.25) is 4.96 Å². The normalized spacial score (nSPS) is 12.0. The van der Waals surface area contributed by atoms with Crippen LogP contribution in [0.25, 0.3) is 4.96 Å². The minimum Gasteiger partial charge on any atom is -0.265 e. The van der Waals surface area contributed by atoms with Gasteiger partial charge < -0.3 is 0 Å². The van der Waals surface area contributed by atoms with E-state index < -0.39 is 0 Å². The molecule has 0 bridgehead atoms. The highest BCUT2D eigenvalue weighted by Crippen LogP contribution is 2.27. The summed E-state index contributed by atoms with van der Waals surface area (Å²) in [4.78, 5) is 14.2. The lowest BCUT2D eigenvalue weighted by molar-refractivity contribution is 0.541. The number of halogens is 1. The van der Waals surface area contributed by atoms with Gasteiger partial charge in [-0.1, -0.05) is 55.5 Å². The first kappa shape index (κ1) is 18.7. The number of hydrogen-bond acceptors (Lipinski definition) is 7. The Labute approximate surface area is 163 Å². The highest BCUT2D eigenvalue weighted by Gasteiger charge is 2.23. The van der Waals surface area contributed by atoms with E-state index >= 15 is 0 Å². The Kier molecular flexibility index (Phi) is 5.72. The second kappa shape index (κ2) is 7.65. The van der Waals surface area contributed by atoms with Crippen molar-refractivity contribution in [3.63, 3.8) is 0 Å². The van der Waals surface area contributed by atoms with Gasteiger partial charge in [0.15, 0.2) is 4.34 Å². The summed E-state index contributed by atoms with van der Waals surface area (Å²) in [6, 6.07) is 7.81. The molecule has 0 aliphatic carbocycles. The first-order valence-corrected chi connectivity index (χ1v) is 10.8. The monoisotopic (exact) mass is 412 g/mol. The number of nitrogens with zero attached hydrogens (tertiary/aromatic N) is 4. The van der Waals surface area contributed by atoms with E-state index in [1.165, 1.54) is 20.7 Å². The molecule has 9 heteroatoms. The van der Waals surface area contributed by atoms with E-state index in [-0.39, 0.29) is 11.0 Å². The largest absolute Gasteiger partial charge is 0.297 e. The van der Waals surface area contributed by atoms with Crippen LogP contribution in [0.15, 0.2) is 38.3 Å². The summed E-state index contributed by atoms with van der Waals surface area (Å²) < 4.78 is 2.20. The van der Waals surface area contributed by atoms with Gasteiger partial charge in [0.05, 0.1) is 0 Å². The number of benzene rings is 1. The molecule has 0 spiro atoms. The average Bonchev–Trinajstić information content (AvgIpc) is 2.96. The minimum atomic E-state index is -0.350. The maximum absolute atomic E-state index is 12.5. The molecular weight excluding hydrogens is 396 g/mol. The Morgan fingerprint density at radius 2 is 1.80 bits per heavy atom. The van der Waals surface area contributed by atoms with Gasteiger partial charge in [-0.15, -0.1) is 27.1 Å². The molecule has 1 aromatic carbocycles. The molecule has 0 radical (unpaired) electrons. The van der Waals surface area contributed by atoms with E-state index in [4.69, 9.17) is 11.6 Å². The fourth-order valence-electron chi connectivity index (χ4n) is 2.05. The lowest BCUT2D eigenvalue weighted by Gasteiger charge is -2.14. The summed E-state index contributed by atoms with van der Waals surface area (Å²) in [5, 5.41) is 13.4. The van der Waals surface area contributed by atoms with E-state index in [1.54, 1.807) is 23.5 Å². The molecule has 0 aliphatic rings. The fraction of sp³-hybridized carbons (Fsp3) is 0.375. The van der Waals surface area contributed by atoms with Crippen molar-refractivity contribution in [3.8, 4) is 0 Å². The van der Waals surface area contributed by atoms with Gasteiger partial charge in [0.1, 0.15) is 5.69 Å². The molecular formula is C16H17ClN4OS3. The molecule has 0 unspecified atom stereocenters. The van der Waals surface area contributed by atoms with Crippen molar-refractivity contribution < 1.29 is 0 Å². The van der Waals surface area contributed by atoms with Crippen LogP contribution in [0.1, 0.15) is 26.5 Å². The summed E-state index contributed by atoms with van der Waals surface area (Å²) in [5.74, 6) is 1.83. The molecule has 0 N–H and O–H groups in total. The Morgan fingerprint density at radius 1 is 1.12 bits per heavy atom. The van der Waals surface area contributed by atoms with Crippen molar-refractivity contribution in [1.29, 1.82) is 0 Å². The zero-order chi connectivity index (χ0) is 18.0. The maximum atomic E-state index is 12.5. The number of hydrogen-bond donors (Lipinski definition) is 0. The Morgan fingerprint density at radius 3 is 2.48 bits per heavy atom. The molecule has 0 aliphatic heterocycles. The van der Waals surface area contributed by atoms with E-state index in [0.717, 1.165) is 20.9 Å². The lowest BCUT2D eigenvalue weighted by Crippen LogP contribution is -2.30. The Hall–Kier alpha value is -1.09. The summed E-state index contributed by atoms with van der Waals surface area (Å²) in [6.45, 7) is 5.84. The number of thioether (sulfide) groups is 2. The highest BCUT2D eigenvalue weighted by atomic mass is 35.5. The van der Waals surface area contributed by atoms with Gasteiger partial charge >= 0.3 is 0 Å². The Balaban J connectivity index is 1.65. The fourth-order valence-corrected chi connectivity index (χ4v) is 5.00. The van der Waals surface area contributed by atoms with Crippen molar-refractivity contribution in [1.82, 2.24) is 19.8 Å². The van der Waals surface area contributed by atoms with Gasteiger partial charge in [-0.25, -0.2) is 0 Å².